The van der Waals surface area contributed by atoms with Gasteiger partial charge in [-0.25, -0.2) is 0 Å². The van der Waals surface area contributed by atoms with Gasteiger partial charge in [-0.15, -0.1) is 0 Å². The fourth-order valence-electron chi connectivity index (χ4n) is 3.16. The number of benzene rings is 1. The Hall–Kier alpha value is -0.350. The summed E-state index contributed by atoms with van der Waals surface area (Å²) in [5.41, 5.74) is 3.20. The van der Waals surface area contributed by atoms with Gasteiger partial charge >= 0.3 is 0 Å². The molecule has 0 fully saturated rings. The van der Waals surface area contributed by atoms with Crippen molar-refractivity contribution in [3.8, 4) is 0 Å². The van der Waals surface area contributed by atoms with Gasteiger partial charge in [0.15, 0.2) is 0 Å². The van der Waals surface area contributed by atoms with Crippen molar-refractivity contribution in [2.75, 3.05) is 13.1 Å². The van der Waals surface area contributed by atoms with E-state index in [0.717, 1.165) is 17.6 Å². The van der Waals surface area contributed by atoms with E-state index in [4.69, 9.17) is 0 Å². The lowest BCUT2D eigenvalue weighted by molar-refractivity contribution is -0.00000376. The third-order valence-corrected chi connectivity index (χ3v) is 3.76. The van der Waals surface area contributed by atoms with Crippen molar-refractivity contribution in [1.82, 2.24) is 4.48 Å². The van der Waals surface area contributed by atoms with Gasteiger partial charge in [-0.05, 0) is 19.1 Å². The number of rotatable bonds is 3. The van der Waals surface area contributed by atoms with Crippen LogP contribution in [0.1, 0.15) is 32.8 Å². The van der Waals surface area contributed by atoms with Crippen LogP contribution < -0.4 is 28.5 Å². The number of hydrogen-bond acceptors (Lipinski definition) is 0. The van der Waals surface area contributed by atoms with E-state index >= 15 is 0 Å². The monoisotopic (exact) mass is 343 g/mol. The Morgan fingerprint density at radius 3 is 2.59 bits per heavy atom. The zero-order chi connectivity index (χ0) is 11.8. The molecule has 0 bridgehead atoms. The molecule has 17 heavy (non-hydrogen) atoms. The Labute approximate surface area is 122 Å². The highest BCUT2D eigenvalue weighted by Crippen LogP contribution is 2.45. The smallest absolute Gasteiger partial charge is 0.141 e. The molecule has 1 nitrogen and oxygen atoms in total. The first-order valence-electron chi connectivity index (χ1n) is 6.16. The van der Waals surface area contributed by atoms with E-state index in [1.54, 1.807) is 0 Å². The number of quaternary nitrogens is 1. The number of hydrogen-bond donors (Lipinski definition) is 0. The van der Waals surface area contributed by atoms with Crippen LogP contribution in [0.2, 0.25) is 0 Å². The van der Waals surface area contributed by atoms with E-state index < -0.39 is 0 Å². The maximum Gasteiger partial charge on any atom is 0.141 e. The largest absolute Gasteiger partial charge is 1.00 e. The molecule has 1 aromatic carbocycles. The van der Waals surface area contributed by atoms with Crippen LogP contribution in [0.5, 0.6) is 0 Å². The highest BCUT2D eigenvalue weighted by molar-refractivity contribution is 5.60. The normalized spacial score (nSPS) is 24.9. The Bertz CT molecular complexity index is 411. The molecule has 0 saturated carbocycles. The molecule has 1 atom stereocenters. The Morgan fingerprint density at radius 2 is 2.00 bits per heavy atom. The molecule has 2 rings (SSSR count). The molecule has 0 N–H and O–H groups in total. The minimum absolute atomic E-state index is 0. The first kappa shape index (κ1) is 14.7. The quantitative estimate of drug-likeness (QED) is 0.564. The molecular formula is C15H22IN. The minimum Gasteiger partial charge on any atom is -1.00 e. The first-order valence-corrected chi connectivity index (χ1v) is 6.16. The maximum absolute atomic E-state index is 4.07. The summed E-state index contributed by atoms with van der Waals surface area (Å²) >= 11 is 0. The number of halogens is 1. The molecule has 0 radical (unpaired) electrons. The van der Waals surface area contributed by atoms with Gasteiger partial charge in [0, 0.05) is 11.0 Å². The molecular weight excluding hydrogens is 321 g/mol. The van der Waals surface area contributed by atoms with E-state index in [-0.39, 0.29) is 29.4 Å². The van der Waals surface area contributed by atoms with Crippen LogP contribution in [-0.2, 0) is 5.41 Å². The van der Waals surface area contributed by atoms with E-state index in [9.17, 15) is 0 Å². The predicted molar refractivity (Wildman–Crippen MR) is 71.5 cm³/mol. The summed E-state index contributed by atoms with van der Waals surface area (Å²) in [5, 5.41) is 0. The summed E-state index contributed by atoms with van der Waals surface area (Å²) < 4.78 is 0.944. The fraction of sp³-hybridized carbons (Fsp3) is 0.467. The number of nitrogens with zero attached hydrogens (tertiary/aromatic N) is 1. The van der Waals surface area contributed by atoms with Crippen molar-refractivity contribution in [1.29, 1.82) is 0 Å². The summed E-state index contributed by atoms with van der Waals surface area (Å²) in [6.45, 7) is 13.3. The van der Waals surface area contributed by atoms with Gasteiger partial charge in [0.1, 0.15) is 5.69 Å². The second kappa shape index (κ2) is 5.11. The molecule has 0 saturated heterocycles. The van der Waals surface area contributed by atoms with Crippen LogP contribution in [0, 0.1) is 0 Å². The molecule has 1 aliphatic rings. The summed E-state index contributed by atoms with van der Waals surface area (Å²) in [4.78, 5) is 0. The zero-order valence-corrected chi connectivity index (χ0v) is 13.2. The third-order valence-electron chi connectivity index (χ3n) is 3.76. The lowest BCUT2D eigenvalue weighted by Crippen LogP contribution is -3.00. The highest BCUT2D eigenvalue weighted by Gasteiger charge is 2.46. The van der Waals surface area contributed by atoms with Crippen molar-refractivity contribution in [2.24, 2.45) is 0 Å². The van der Waals surface area contributed by atoms with Gasteiger partial charge in [-0.2, -0.15) is 0 Å². The van der Waals surface area contributed by atoms with E-state index in [0.29, 0.717) is 0 Å². The standard InChI is InChI=1S/C15H22N.HI/c1-5-11-16(6-2)12-15(3,4)13-9-7-8-10-14(13)16;/h6-10H,2,5,11-12H2,1,3-4H3;1H/q+1;/p-1. The van der Waals surface area contributed by atoms with Gasteiger partial charge in [-0.3, -0.25) is 4.48 Å². The molecule has 1 unspecified atom stereocenters. The minimum atomic E-state index is 0. The topological polar surface area (TPSA) is 0 Å². The Balaban J connectivity index is 0.00000144. The van der Waals surface area contributed by atoms with Crippen LogP contribution in [-0.4, -0.2) is 13.1 Å². The van der Waals surface area contributed by atoms with Crippen molar-refractivity contribution in [3.05, 3.63) is 42.6 Å². The van der Waals surface area contributed by atoms with Crippen molar-refractivity contribution >= 4 is 5.69 Å². The van der Waals surface area contributed by atoms with Crippen LogP contribution in [0.25, 0.3) is 0 Å². The predicted octanol–water partition coefficient (Wildman–Crippen LogP) is 0.843. The van der Waals surface area contributed by atoms with Gasteiger partial charge in [-0.1, -0.05) is 39.0 Å². The van der Waals surface area contributed by atoms with Crippen LogP contribution in [0.15, 0.2) is 37.0 Å². The van der Waals surface area contributed by atoms with Crippen molar-refractivity contribution < 1.29 is 24.0 Å². The zero-order valence-electron chi connectivity index (χ0n) is 11.0. The molecule has 0 amide bonds. The number of para-hydroxylation sites is 1. The van der Waals surface area contributed by atoms with E-state index in [1.165, 1.54) is 17.7 Å². The average molecular weight is 343 g/mol. The van der Waals surface area contributed by atoms with Gasteiger partial charge in [0.25, 0.3) is 0 Å². The van der Waals surface area contributed by atoms with Crippen LogP contribution in [0.3, 0.4) is 0 Å². The van der Waals surface area contributed by atoms with Gasteiger partial charge < -0.3 is 24.0 Å². The third kappa shape index (κ3) is 2.29. The number of fused-ring (bicyclic) bond motifs is 1. The maximum atomic E-state index is 4.07. The van der Waals surface area contributed by atoms with Gasteiger partial charge in [0.2, 0.25) is 0 Å². The molecule has 94 valence electrons. The highest BCUT2D eigenvalue weighted by atomic mass is 127. The lowest BCUT2D eigenvalue weighted by Gasteiger charge is -2.31. The molecule has 1 heterocycles. The summed E-state index contributed by atoms with van der Waals surface area (Å²) in [6.07, 6.45) is 3.31. The lowest BCUT2D eigenvalue weighted by atomic mass is 9.87. The molecule has 1 aliphatic heterocycles. The van der Waals surface area contributed by atoms with Gasteiger partial charge in [0.05, 0.1) is 19.3 Å². The molecule has 1 aromatic rings. The molecule has 0 aliphatic carbocycles. The Kier molecular flexibility index (Phi) is 4.42. The average Bonchev–Trinajstić information content (AvgIpc) is 2.50. The van der Waals surface area contributed by atoms with Crippen molar-refractivity contribution in [2.45, 2.75) is 32.6 Å². The van der Waals surface area contributed by atoms with E-state index in [1.807, 2.05) is 0 Å². The fourth-order valence-corrected chi connectivity index (χ4v) is 3.16. The molecule has 2 heteroatoms. The Morgan fingerprint density at radius 1 is 1.35 bits per heavy atom. The second-order valence-corrected chi connectivity index (χ2v) is 5.50. The summed E-state index contributed by atoms with van der Waals surface area (Å²) in [7, 11) is 0. The van der Waals surface area contributed by atoms with Crippen LogP contribution >= 0.6 is 0 Å². The molecule has 0 aromatic heterocycles. The summed E-state index contributed by atoms with van der Waals surface area (Å²) in [5.74, 6) is 0. The second-order valence-electron chi connectivity index (χ2n) is 5.50. The first-order chi connectivity index (χ1) is 7.56. The van der Waals surface area contributed by atoms with Crippen LogP contribution in [0.4, 0.5) is 5.69 Å². The van der Waals surface area contributed by atoms with Crippen molar-refractivity contribution in [3.63, 3.8) is 0 Å². The summed E-state index contributed by atoms with van der Waals surface area (Å²) in [6, 6.07) is 8.83. The molecule has 0 spiro atoms. The van der Waals surface area contributed by atoms with E-state index in [2.05, 4.69) is 57.8 Å². The SMILES string of the molecule is C=C[N+]1(CCC)CC(C)(C)c2ccccc21.[I-].